The standard InChI is InChI=1S/C14H28/c1-3-5-9-13(4-2)12-14-10-7-6-8-11-14/h13-14H,3-12H2,1-2H3. The van der Waals surface area contributed by atoms with Gasteiger partial charge >= 0.3 is 0 Å². The van der Waals surface area contributed by atoms with Gasteiger partial charge in [0.05, 0.1) is 0 Å². The molecular formula is C14H28. The van der Waals surface area contributed by atoms with E-state index >= 15 is 0 Å². The summed E-state index contributed by atoms with van der Waals surface area (Å²) in [5.41, 5.74) is 0. The van der Waals surface area contributed by atoms with Gasteiger partial charge in [0.2, 0.25) is 0 Å². The predicted molar refractivity (Wildman–Crippen MR) is 64.5 cm³/mol. The summed E-state index contributed by atoms with van der Waals surface area (Å²) in [7, 11) is 0. The van der Waals surface area contributed by atoms with Crippen LogP contribution in [-0.2, 0) is 0 Å². The van der Waals surface area contributed by atoms with Gasteiger partial charge in [0.25, 0.3) is 0 Å². The normalized spacial score (nSPS) is 21.0. The molecule has 14 heavy (non-hydrogen) atoms. The van der Waals surface area contributed by atoms with Crippen molar-refractivity contribution in [3.63, 3.8) is 0 Å². The van der Waals surface area contributed by atoms with Crippen LogP contribution in [0.15, 0.2) is 0 Å². The summed E-state index contributed by atoms with van der Waals surface area (Å²) in [5.74, 6) is 2.13. The van der Waals surface area contributed by atoms with E-state index in [1.165, 1.54) is 64.2 Å². The van der Waals surface area contributed by atoms with Gasteiger partial charge in [0.15, 0.2) is 0 Å². The van der Waals surface area contributed by atoms with Crippen molar-refractivity contribution in [3.05, 3.63) is 0 Å². The van der Waals surface area contributed by atoms with Crippen LogP contribution in [0.5, 0.6) is 0 Å². The zero-order chi connectivity index (χ0) is 10.2. The zero-order valence-corrected chi connectivity index (χ0v) is 10.2. The Morgan fingerprint density at radius 2 is 1.79 bits per heavy atom. The molecule has 0 heteroatoms. The smallest absolute Gasteiger partial charge is 0.0412 e. The zero-order valence-electron chi connectivity index (χ0n) is 10.2. The molecule has 1 rings (SSSR count). The Labute approximate surface area is 90.5 Å². The Bertz CT molecular complexity index is 122. The second-order valence-corrected chi connectivity index (χ2v) is 5.16. The lowest BCUT2D eigenvalue weighted by Gasteiger charge is -2.25. The van der Waals surface area contributed by atoms with Crippen LogP contribution in [0, 0.1) is 11.8 Å². The van der Waals surface area contributed by atoms with Gasteiger partial charge in [0.1, 0.15) is 0 Å². The third kappa shape index (κ3) is 4.48. The Hall–Kier alpha value is 0. The molecule has 1 aliphatic rings. The maximum atomic E-state index is 2.38. The Balaban J connectivity index is 2.16. The third-order valence-corrected chi connectivity index (χ3v) is 3.93. The largest absolute Gasteiger partial charge is 0.0654 e. The van der Waals surface area contributed by atoms with Crippen LogP contribution >= 0.6 is 0 Å². The van der Waals surface area contributed by atoms with E-state index in [0.29, 0.717) is 0 Å². The first-order chi connectivity index (χ1) is 6.86. The van der Waals surface area contributed by atoms with Gasteiger partial charge < -0.3 is 0 Å². The molecule has 0 saturated heterocycles. The highest BCUT2D eigenvalue weighted by molar-refractivity contribution is 4.70. The highest BCUT2D eigenvalue weighted by atomic mass is 14.2. The minimum atomic E-state index is 1.04. The van der Waals surface area contributed by atoms with Crippen LogP contribution in [0.1, 0.15) is 78.1 Å². The minimum absolute atomic E-state index is 1.04. The lowest BCUT2D eigenvalue weighted by Crippen LogP contribution is -2.12. The molecule has 0 spiro atoms. The maximum absolute atomic E-state index is 2.38. The molecule has 0 amide bonds. The van der Waals surface area contributed by atoms with Crippen molar-refractivity contribution in [3.8, 4) is 0 Å². The quantitative estimate of drug-likeness (QED) is 0.549. The highest BCUT2D eigenvalue weighted by Gasteiger charge is 2.17. The molecule has 0 radical (unpaired) electrons. The molecule has 0 aliphatic heterocycles. The van der Waals surface area contributed by atoms with Crippen molar-refractivity contribution < 1.29 is 0 Å². The molecule has 0 aromatic heterocycles. The third-order valence-electron chi connectivity index (χ3n) is 3.93. The average molecular weight is 196 g/mol. The molecule has 1 unspecified atom stereocenters. The Morgan fingerprint density at radius 1 is 1.07 bits per heavy atom. The molecule has 0 aromatic rings. The van der Waals surface area contributed by atoms with E-state index in [-0.39, 0.29) is 0 Å². The summed E-state index contributed by atoms with van der Waals surface area (Å²) in [4.78, 5) is 0. The van der Waals surface area contributed by atoms with Gasteiger partial charge in [-0.15, -0.1) is 0 Å². The Kier molecular flexibility index (Phi) is 6.31. The lowest BCUT2D eigenvalue weighted by atomic mass is 9.80. The van der Waals surface area contributed by atoms with E-state index in [4.69, 9.17) is 0 Å². The van der Waals surface area contributed by atoms with Gasteiger partial charge in [0, 0.05) is 0 Å². The molecule has 1 fully saturated rings. The van der Waals surface area contributed by atoms with Crippen LogP contribution in [0.4, 0.5) is 0 Å². The summed E-state index contributed by atoms with van der Waals surface area (Å²) in [6, 6.07) is 0. The van der Waals surface area contributed by atoms with E-state index in [0.717, 1.165) is 11.8 Å². The molecule has 1 aliphatic carbocycles. The van der Waals surface area contributed by atoms with Crippen LogP contribution in [0.2, 0.25) is 0 Å². The van der Waals surface area contributed by atoms with Crippen molar-refractivity contribution in [2.45, 2.75) is 78.1 Å². The lowest BCUT2D eigenvalue weighted by molar-refractivity contribution is 0.271. The second kappa shape index (κ2) is 7.31. The van der Waals surface area contributed by atoms with Gasteiger partial charge in [-0.2, -0.15) is 0 Å². The van der Waals surface area contributed by atoms with Crippen LogP contribution in [0.3, 0.4) is 0 Å². The number of unbranched alkanes of at least 4 members (excludes halogenated alkanes) is 1. The summed E-state index contributed by atoms with van der Waals surface area (Å²) in [5, 5.41) is 0. The SMILES string of the molecule is CCCCC(CC)CC1CCCCC1. The summed E-state index contributed by atoms with van der Waals surface area (Å²) in [6.45, 7) is 4.69. The van der Waals surface area contributed by atoms with E-state index in [1.54, 1.807) is 0 Å². The summed E-state index contributed by atoms with van der Waals surface area (Å²) in [6.07, 6.45) is 14.8. The van der Waals surface area contributed by atoms with Crippen molar-refractivity contribution in [2.24, 2.45) is 11.8 Å². The Morgan fingerprint density at radius 3 is 2.36 bits per heavy atom. The number of rotatable bonds is 6. The first-order valence-electron chi connectivity index (χ1n) is 6.86. The van der Waals surface area contributed by atoms with Crippen molar-refractivity contribution in [2.75, 3.05) is 0 Å². The minimum Gasteiger partial charge on any atom is -0.0654 e. The molecule has 0 N–H and O–H groups in total. The molecule has 1 saturated carbocycles. The molecule has 0 heterocycles. The molecular weight excluding hydrogens is 168 g/mol. The molecule has 1 atom stereocenters. The first kappa shape index (κ1) is 12.1. The van der Waals surface area contributed by atoms with Crippen LogP contribution in [-0.4, -0.2) is 0 Å². The summed E-state index contributed by atoms with van der Waals surface area (Å²) >= 11 is 0. The highest BCUT2D eigenvalue weighted by Crippen LogP contribution is 2.31. The fourth-order valence-electron chi connectivity index (χ4n) is 2.88. The fourth-order valence-corrected chi connectivity index (χ4v) is 2.88. The average Bonchev–Trinajstić information content (AvgIpc) is 2.25. The number of hydrogen-bond acceptors (Lipinski definition) is 0. The fraction of sp³-hybridized carbons (Fsp3) is 1.00. The van der Waals surface area contributed by atoms with Crippen molar-refractivity contribution in [1.82, 2.24) is 0 Å². The van der Waals surface area contributed by atoms with E-state index in [2.05, 4.69) is 13.8 Å². The van der Waals surface area contributed by atoms with Gasteiger partial charge in [-0.3, -0.25) is 0 Å². The first-order valence-corrected chi connectivity index (χ1v) is 6.86. The number of hydrogen-bond donors (Lipinski definition) is 0. The predicted octanol–water partition coefficient (Wildman–Crippen LogP) is 5.17. The van der Waals surface area contributed by atoms with E-state index in [1.807, 2.05) is 0 Å². The topological polar surface area (TPSA) is 0 Å². The maximum Gasteiger partial charge on any atom is -0.0412 e. The molecule has 0 bridgehead atoms. The molecule has 0 nitrogen and oxygen atoms in total. The van der Waals surface area contributed by atoms with Gasteiger partial charge in [-0.25, -0.2) is 0 Å². The van der Waals surface area contributed by atoms with Crippen LogP contribution < -0.4 is 0 Å². The molecule has 84 valence electrons. The van der Waals surface area contributed by atoms with Crippen LogP contribution in [0.25, 0.3) is 0 Å². The van der Waals surface area contributed by atoms with Gasteiger partial charge in [-0.1, -0.05) is 71.6 Å². The van der Waals surface area contributed by atoms with E-state index < -0.39 is 0 Å². The van der Waals surface area contributed by atoms with Crippen molar-refractivity contribution >= 4 is 0 Å². The monoisotopic (exact) mass is 196 g/mol. The second-order valence-electron chi connectivity index (χ2n) is 5.16. The van der Waals surface area contributed by atoms with Crippen molar-refractivity contribution in [1.29, 1.82) is 0 Å². The van der Waals surface area contributed by atoms with E-state index in [9.17, 15) is 0 Å². The molecule has 0 aromatic carbocycles. The van der Waals surface area contributed by atoms with Gasteiger partial charge in [-0.05, 0) is 18.3 Å². The summed E-state index contributed by atoms with van der Waals surface area (Å²) < 4.78 is 0.